The Kier molecular flexibility index (Phi) is 9.37. The number of aromatic nitrogens is 7. The number of pyridine rings is 1. The number of hydrogen-bond donors (Lipinski definition) is 1. The molecule has 1 N–H and O–H groups in total. The van der Waals surface area contributed by atoms with E-state index in [1.165, 1.54) is 0 Å². The molecule has 4 aromatic heterocycles. The van der Waals surface area contributed by atoms with Gasteiger partial charge in [0.2, 0.25) is 11.9 Å². The maximum absolute atomic E-state index is 13.9. The normalized spacial score (nSPS) is 17.2. The molecule has 16 heteroatoms. The van der Waals surface area contributed by atoms with Crippen molar-refractivity contribution in [2.24, 2.45) is 13.0 Å². The first kappa shape index (κ1) is 32.9. The summed E-state index contributed by atoms with van der Waals surface area (Å²) in [5.41, 5.74) is -0.240. The Balaban J connectivity index is 1.34. The number of nitrogens with one attached hydrogen (secondary N) is 1. The van der Waals surface area contributed by atoms with Crippen LogP contribution < -0.4 is 10.2 Å². The van der Waals surface area contributed by atoms with E-state index in [0.717, 1.165) is 30.3 Å². The molecule has 0 aliphatic heterocycles. The monoisotopic (exact) mass is 657 g/mol. The van der Waals surface area contributed by atoms with Crippen molar-refractivity contribution in [1.82, 2.24) is 34.7 Å². The van der Waals surface area contributed by atoms with Gasteiger partial charge in [0.25, 0.3) is 0 Å². The topological polar surface area (TPSA) is 149 Å². The molecule has 0 radical (unpaired) electrons. The molecule has 46 heavy (non-hydrogen) atoms. The van der Waals surface area contributed by atoms with Crippen LogP contribution >= 0.6 is 0 Å². The lowest BCUT2D eigenvalue weighted by molar-refractivity contribution is -0.137. The fourth-order valence-corrected chi connectivity index (χ4v) is 6.00. The average molecular weight is 658 g/mol. The number of aryl methyl sites for hydroxylation is 1. The predicted octanol–water partition coefficient (Wildman–Crippen LogP) is 4.95. The van der Waals surface area contributed by atoms with E-state index in [2.05, 4.69) is 35.3 Å². The Labute approximate surface area is 264 Å². The predicted molar refractivity (Wildman–Crippen MR) is 164 cm³/mol. The van der Waals surface area contributed by atoms with Crippen LogP contribution in [0.25, 0.3) is 22.5 Å². The van der Waals surface area contributed by atoms with Gasteiger partial charge in [-0.15, -0.1) is 0 Å². The number of carbonyl (C=O) groups is 1. The van der Waals surface area contributed by atoms with E-state index in [1.54, 1.807) is 28.2 Å². The fourth-order valence-electron chi connectivity index (χ4n) is 5.41. The van der Waals surface area contributed by atoms with E-state index in [1.807, 2.05) is 27.1 Å². The Hall–Kier alpha value is -4.47. The van der Waals surface area contributed by atoms with Crippen LogP contribution in [0, 0.1) is 5.92 Å². The summed E-state index contributed by atoms with van der Waals surface area (Å²) in [6.45, 7) is 3.94. The molecule has 12 nitrogen and oxygen atoms in total. The summed E-state index contributed by atoms with van der Waals surface area (Å²) in [5, 5.41) is 7.30. The summed E-state index contributed by atoms with van der Waals surface area (Å²) in [4.78, 5) is 35.9. The number of amides is 1. The Morgan fingerprint density at radius 2 is 1.76 bits per heavy atom. The standard InChI is InChI=1S/C30H34F3N9O3S/c1-18(2)9-27(43)42(26-16-35-25(15-36-26)20-12-38-41(3)17-20)22-7-5-21(6-8-22)39-29-37-14-24(30(31,32)33)28(40-29)19-10-23(13-34-11-19)46(4,44)45/h10-18,21-22H,5-9H2,1-4H3,(H,37,39,40). The Morgan fingerprint density at radius 3 is 2.35 bits per heavy atom. The lowest BCUT2D eigenvalue weighted by atomic mass is 9.89. The van der Waals surface area contributed by atoms with Gasteiger partial charge in [-0.3, -0.25) is 24.3 Å². The van der Waals surface area contributed by atoms with Crippen LogP contribution in [0.3, 0.4) is 0 Å². The molecule has 244 valence electrons. The Bertz CT molecular complexity index is 1800. The molecular formula is C30H34F3N9O3S. The zero-order valence-corrected chi connectivity index (χ0v) is 26.5. The van der Waals surface area contributed by atoms with Gasteiger partial charge in [0, 0.05) is 67.7 Å². The maximum Gasteiger partial charge on any atom is 0.419 e. The molecule has 0 atom stereocenters. The van der Waals surface area contributed by atoms with Crippen LogP contribution in [0.1, 0.15) is 51.5 Å². The van der Waals surface area contributed by atoms with Crippen molar-refractivity contribution >= 4 is 27.5 Å². The quantitative estimate of drug-likeness (QED) is 0.262. The number of hydrogen-bond acceptors (Lipinski definition) is 10. The number of alkyl halides is 3. The fraction of sp³-hybridized carbons (Fsp3) is 0.433. The van der Waals surface area contributed by atoms with Crippen molar-refractivity contribution in [3.8, 4) is 22.5 Å². The number of sulfone groups is 1. The second-order valence-electron chi connectivity index (χ2n) is 11.8. The first-order chi connectivity index (χ1) is 21.7. The Morgan fingerprint density at radius 1 is 1.02 bits per heavy atom. The molecule has 1 fully saturated rings. The smallest absolute Gasteiger partial charge is 0.351 e. The molecule has 4 aromatic rings. The molecule has 0 unspecified atom stereocenters. The number of halogens is 3. The minimum absolute atomic E-state index is 0.0270. The van der Waals surface area contributed by atoms with E-state index in [9.17, 15) is 26.4 Å². The minimum Gasteiger partial charge on any atom is -0.351 e. The van der Waals surface area contributed by atoms with E-state index < -0.39 is 27.3 Å². The molecule has 0 saturated heterocycles. The number of carbonyl (C=O) groups excluding carboxylic acids is 1. The minimum atomic E-state index is -4.78. The summed E-state index contributed by atoms with van der Waals surface area (Å²) < 4.78 is 67.4. The van der Waals surface area contributed by atoms with Crippen molar-refractivity contribution in [2.45, 2.75) is 69.1 Å². The molecule has 0 spiro atoms. The van der Waals surface area contributed by atoms with Crippen molar-refractivity contribution in [3.05, 3.63) is 55.0 Å². The molecule has 1 aliphatic carbocycles. The number of anilines is 2. The second-order valence-corrected chi connectivity index (χ2v) is 13.8. The molecular weight excluding hydrogens is 623 g/mol. The van der Waals surface area contributed by atoms with Gasteiger partial charge in [0.05, 0.1) is 34.9 Å². The summed E-state index contributed by atoms with van der Waals surface area (Å²) in [6, 6.07) is 0.781. The highest BCUT2D eigenvalue weighted by Gasteiger charge is 2.36. The number of nitrogens with zero attached hydrogens (tertiary/aromatic N) is 8. The van der Waals surface area contributed by atoms with E-state index >= 15 is 0 Å². The SMILES string of the molecule is CC(C)CC(=O)N(c1cnc(-c2cnn(C)c2)cn1)C1CCC(Nc2ncc(C(F)(F)F)c(-c3cncc(S(C)(=O)=O)c3)n2)CC1. The first-order valence-electron chi connectivity index (χ1n) is 14.7. The van der Waals surface area contributed by atoms with Gasteiger partial charge >= 0.3 is 6.18 Å². The molecule has 0 bridgehead atoms. The summed E-state index contributed by atoms with van der Waals surface area (Å²) >= 11 is 0. The lowest BCUT2D eigenvalue weighted by Gasteiger charge is -2.36. The molecule has 1 amide bonds. The van der Waals surface area contributed by atoms with Gasteiger partial charge in [-0.05, 0) is 37.7 Å². The summed E-state index contributed by atoms with van der Waals surface area (Å²) in [7, 11) is -1.91. The summed E-state index contributed by atoms with van der Waals surface area (Å²) in [5.74, 6) is 0.501. The van der Waals surface area contributed by atoms with Crippen LogP contribution in [0.5, 0.6) is 0 Å². The van der Waals surface area contributed by atoms with Gasteiger partial charge in [0.15, 0.2) is 15.7 Å². The second kappa shape index (κ2) is 13.1. The molecule has 4 heterocycles. The van der Waals surface area contributed by atoms with Crippen molar-refractivity contribution in [3.63, 3.8) is 0 Å². The van der Waals surface area contributed by atoms with Gasteiger partial charge < -0.3 is 5.32 Å². The van der Waals surface area contributed by atoms with Crippen LogP contribution in [0.15, 0.2) is 54.3 Å². The maximum atomic E-state index is 13.9. The third-order valence-corrected chi connectivity index (χ3v) is 8.72. The van der Waals surface area contributed by atoms with Gasteiger partial charge in [-0.25, -0.2) is 23.4 Å². The molecule has 1 aliphatic rings. The van der Waals surface area contributed by atoms with Crippen molar-refractivity contribution in [2.75, 3.05) is 16.5 Å². The van der Waals surface area contributed by atoms with E-state index in [-0.39, 0.29) is 40.3 Å². The highest BCUT2D eigenvalue weighted by atomic mass is 32.2. The average Bonchev–Trinajstić information content (AvgIpc) is 3.43. The summed E-state index contributed by atoms with van der Waals surface area (Å²) in [6.07, 6.45) is 8.49. The zero-order chi connectivity index (χ0) is 33.2. The van der Waals surface area contributed by atoms with E-state index in [4.69, 9.17) is 0 Å². The van der Waals surface area contributed by atoms with E-state index in [0.29, 0.717) is 49.8 Å². The van der Waals surface area contributed by atoms with Gasteiger partial charge in [-0.1, -0.05) is 13.8 Å². The highest BCUT2D eigenvalue weighted by Crippen LogP contribution is 2.37. The van der Waals surface area contributed by atoms with Crippen molar-refractivity contribution in [1.29, 1.82) is 0 Å². The van der Waals surface area contributed by atoms with Crippen molar-refractivity contribution < 1.29 is 26.4 Å². The lowest BCUT2D eigenvalue weighted by Crippen LogP contribution is -2.45. The van der Waals surface area contributed by atoms with Gasteiger partial charge in [-0.2, -0.15) is 18.3 Å². The third kappa shape index (κ3) is 7.66. The molecule has 0 aromatic carbocycles. The highest BCUT2D eigenvalue weighted by molar-refractivity contribution is 7.90. The number of rotatable bonds is 9. The van der Waals surface area contributed by atoms with Crippen LogP contribution in [0.2, 0.25) is 0 Å². The largest absolute Gasteiger partial charge is 0.419 e. The van der Waals surface area contributed by atoms with Gasteiger partial charge in [0.1, 0.15) is 5.56 Å². The van der Waals surface area contributed by atoms with Crippen LogP contribution in [0.4, 0.5) is 24.9 Å². The molecule has 5 rings (SSSR count). The van der Waals surface area contributed by atoms with Crippen LogP contribution in [-0.4, -0.2) is 67.4 Å². The van der Waals surface area contributed by atoms with Crippen LogP contribution in [-0.2, 0) is 27.9 Å². The first-order valence-corrected chi connectivity index (χ1v) is 16.6. The molecule has 1 saturated carbocycles. The third-order valence-electron chi connectivity index (χ3n) is 7.64. The zero-order valence-electron chi connectivity index (χ0n) is 25.7.